The van der Waals surface area contributed by atoms with Crippen molar-refractivity contribution in [1.29, 1.82) is 0 Å². The first-order valence-electron chi connectivity index (χ1n) is 8.42. The lowest BCUT2D eigenvalue weighted by Gasteiger charge is -2.21. The molecule has 0 aromatic heterocycles. The van der Waals surface area contributed by atoms with E-state index in [1.165, 1.54) is 61.5 Å². The smallest absolute Gasteiger partial charge is 0.00597 e. The van der Waals surface area contributed by atoms with Crippen LogP contribution in [0.5, 0.6) is 0 Å². The number of hydrogen-bond donors (Lipinski definition) is 0. The fourth-order valence-electron chi connectivity index (χ4n) is 2.00. The van der Waals surface area contributed by atoms with Crippen molar-refractivity contribution < 1.29 is 0 Å². The summed E-state index contributed by atoms with van der Waals surface area (Å²) in [5.74, 6) is 5.43. The third kappa shape index (κ3) is 15.1. The summed E-state index contributed by atoms with van der Waals surface area (Å²) in [5, 5.41) is 0. The maximum atomic E-state index is 2.39. The number of rotatable bonds is 12. The molecule has 0 radical (unpaired) electrons. The molecule has 0 aliphatic rings. The van der Waals surface area contributed by atoms with Gasteiger partial charge in [-0.25, -0.2) is 0 Å². The summed E-state index contributed by atoms with van der Waals surface area (Å²) < 4.78 is 0. The van der Waals surface area contributed by atoms with Crippen molar-refractivity contribution in [1.82, 2.24) is 0 Å². The van der Waals surface area contributed by atoms with Gasteiger partial charge in [0.05, 0.1) is 0 Å². The van der Waals surface area contributed by atoms with Gasteiger partial charge in [0.1, 0.15) is 0 Å². The average Bonchev–Trinajstić information content (AvgIpc) is 2.34. The van der Waals surface area contributed by atoms with Gasteiger partial charge in [-0.1, -0.05) is 48.0 Å². The highest BCUT2D eigenvalue weighted by atomic mass is 32.2. The molecule has 0 unspecified atom stereocenters. The minimum atomic E-state index is 0.517. The highest BCUT2D eigenvalue weighted by Gasteiger charge is 2.13. The van der Waals surface area contributed by atoms with Gasteiger partial charge in [0.2, 0.25) is 0 Å². The molecule has 0 bridgehead atoms. The van der Waals surface area contributed by atoms with Crippen LogP contribution in [0, 0.1) is 10.8 Å². The molecule has 0 spiro atoms. The van der Waals surface area contributed by atoms with Crippen molar-refractivity contribution in [2.45, 2.75) is 80.1 Å². The highest BCUT2D eigenvalue weighted by Crippen LogP contribution is 2.27. The van der Waals surface area contributed by atoms with Crippen LogP contribution < -0.4 is 0 Å². The van der Waals surface area contributed by atoms with Crippen LogP contribution in [-0.2, 0) is 0 Å². The van der Waals surface area contributed by atoms with Gasteiger partial charge in [-0.3, -0.25) is 0 Å². The Morgan fingerprint density at radius 3 is 1.55 bits per heavy atom. The molecule has 0 rings (SSSR count). The molecule has 0 aliphatic heterocycles. The average molecular weight is 319 g/mol. The van der Waals surface area contributed by atoms with Crippen LogP contribution in [0.25, 0.3) is 0 Å². The summed E-state index contributed by atoms with van der Waals surface area (Å²) in [6.45, 7) is 14.1. The lowest BCUT2D eigenvalue weighted by molar-refractivity contribution is 0.320. The molecule has 0 N–H and O–H groups in total. The van der Waals surface area contributed by atoms with Crippen LogP contribution in [0.15, 0.2) is 0 Å². The van der Waals surface area contributed by atoms with E-state index >= 15 is 0 Å². The van der Waals surface area contributed by atoms with E-state index in [-0.39, 0.29) is 0 Å². The molecule has 122 valence electrons. The maximum absolute atomic E-state index is 2.39. The second-order valence-corrected chi connectivity index (χ2v) is 10.3. The predicted molar refractivity (Wildman–Crippen MR) is 101 cm³/mol. The van der Waals surface area contributed by atoms with Crippen LogP contribution in [0.2, 0.25) is 0 Å². The van der Waals surface area contributed by atoms with E-state index in [1.807, 2.05) is 0 Å². The zero-order valence-electron chi connectivity index (χ0n) is 14.9. The monoisotopic (exact) mass is 318 g/mol. The SMILES string of the molecule is CCC(C)(C)CCCSCCCSCCCC(C)(C)C. The molecular weight excluding hydrogens is 280 g/mol. The van der Waals surface area contributed by atoms with E-state index < -0.39 is 0 Å². The molecule has 0 aromatic rings. The molecule has 2 heteroatoms. The largest absolute Gasteiger partial charge is 0.162 e. The molecular formula is C18H38S2. The first-order chi connectivity index (χ1) is 9.27. The summed E-state index contributed by atoms with van der Waals surface area (Å²) in [4.78, 5) is 0. The van der Waals surface area contributed by atoms with E-state index in [1.54, 1.807) is 0 Å². The van der Waals surface area contributed by atoms with E-state index in [9.17, 15) is 0 Å². The second-order valence-electron chi connectivity index (χ2n) is 7.86. The molecule has 0 amide bonds. The van der Waals surface area contributed by atoms with Crippen molar-refractivity contribution in [3.8, 4) is 0 Å². The Morgan fingerprint density at radius 2 is 1.10 bits per heavy atom. The molecule has 20 heavy (non-hydrogen) atoms. The summed E-state index contributed by atoms with van der Waals surface area (Å²) >= 11 is 4.31. The molecule has 0 aliphatic carbocycles. The first kappa shape index (κ1) is 20.7. The normalized spacial score (nSPS) is 12.9. The fourth-order valence-corrected chi connectivity index (χ4v) is 3.99. The van der Waals surface area contributed by atoms with Gasteiger partial charge in [0, 0.05) is 0 Å². The Labute approximate surface area is 137 Å². The topological polar surface area (TPSA) is 0 Å². The van der Waals surface area contributed by atoms with Gasteiger partial charge >= 0.3 is 0 Å². The van der Waals surface area contributed by atoms with E-state index in [0.717, 1.165) is 0 Å². The van der Waals surface area contributed by atoms with Gasteiger partial charge < -0.3 is 0 Å². The summed E-state index contributed by atoms with van der Waals surface area (Å²) in [6.07, 6.45) is 8.22. The van der Waals surface area contributed by atoms with Crippen molar-refractivity contribution in [2.24, 2.45) is 10.8 Å². The van der Waals surface area contributed by atoms with E-state index in [0.29, 0.717) is 10.8 Å². The van der Waals surface area contributed by atoms with Gasteiger partial charge in [-0.2, -0.15) is 23.5 Å². The Kier molecular flexibility index (Phi) is 11.7. The standard InChI is InChI=1S/C18H38S2/c1-7-18(5,6)12-9-14-20-16-10-15-19-13-8-11-17(2,3)4/h7-16H2,1-6H3. The van der Waals surface area contributed by atoms with Crippen LogP contribution in [0.4, 0.5) is 0 Å². The Hall–Kier alpha value is 0.700. The molecule has 0 heterocycles. The number of hydrogen-bond acceptors (Lipinski definition) is 2. The highest BCUT2D eigenvalue weighted by molar-refractivity contribution is 8.00. The van der Waals surface area contributed by atoms with E-state index in [2.05, 4.69) is 65.1 Å². The second kappa shape index (κ2) is 11.3. The van der Waals surface area contributed by atoms with Crippen molar-refractivity contribution in [3.05, 3.63) is 0 Å². The summed E-state index contributed by atoms with van der Waals surface area (Å²) in [5.41, 5.74) is 1.08. The number of thioether (sulfide) groups is 2. The Bertz CT molecular complexity index is 216. The van der Waals surface area contributed by atoms with Crippen LogP contribution in [0.3, 0.4) is 0 Å². The lowest BCUT2D eigenvalue weighted by atomic mass is 9.86. The van der Waals surface area contributed by atoms with Gasteiger partial charge in [-0.05, 0) is 65.9 Å². The lowest BCUT2D eigenvalue weighted by Crippen LogP contribution is -2.09. The summed E-state index contributed by atoms with van der Waals surface area (Å²) in [7, 11) is 0. The minimum absolute atomic E-state index is 0.517. The van der Waals surface area contributed by atoms with Crippen molar-refractivity contribution in [2.75, 3.05) is 23.0 Å². The summed E-state index contributed by atoms with van der Waals surface area (Å²) in [6, 6.07) is 0. The molecule has 0 aromatic carbocycles. The molecule has 0 atom stereocenters. The van der Waals surface area contributed by atoms with Crippen LogP contribution in [-0.4, -0.2) is 23.0 Å². The zero-order chi connectivity index (χ0) is 15.5. The zero-order valence-corrected chi connectivity index (χ0v) is 16.5. The molecule has 0 fully saturated rings. The molecule has 0 saturated heterocycles. The van der Waals surface area contributed by atoms with Crippen LogP contribution >= 0.6 is 23.5 Å². The maximum Gasteiger partial charge on any atom is -0.00597 e. The Balaban J connectivity index is 3.18. The Morgan fingerprint density at radius 1 is 0.650 bits per heavy atom. The van der Waals surface area contributed by atoms with Gasteiger partial charge in [-0.15, -0.1) is 0 Å². The van der Waals surface area contributed by atoms with Gasteiger partial charge in [0.25, 0.3) is 0 Å². The fraction of sp³-hybridized carbons (Fsp3) is 1.00. The molecule has 0 nitrogen and oxygen atoms in total. The third-order valence-corrected chi connectivity index (χ3v) is 6.20. The van der Waals surface area contributed by atoms with Gasteiger partial charge in [0.15, 0.2) is 0 Å². The minimum Gasteiger partial charge on any atom is -0.162 e. The van der Waals surface area contributed by atoms with Crippen molar-refractivity contribution in [3.63, 3.8) is 0 Å². The van der Waals surface area contributed by atoms with Crippen LogP contribution in [0.1, 0.15) is 80.1 Å². The predicted octanol–water partition coefficient (Wildman–Crippen LogP) is 6.89. The van der Waals surface area contributed by atoms with Crippen molar-refractivity contribution >= 4 is 23.5 Å². The van der Waals surface area contributed by atoms with E-state index in [4.69, 9.17) is 0 Å². The molecule has 0 saturated carbocycles. The quantitative estimate of drug-likeness (QED) is 0.359. The first-order valence-corrected chi connectivity index (χ1v) is 10.7. The third-order valence-electron chi connectivity index (χ3n) is 3.89.